The van der Waals surface area contributed by atoms with Gasteiger partial charge in [0.15, 0.2) is 5.75 Å². The number of ether oxygens (including phenoxy) is 1. The molecule has 0 fully saturated rings. The molecule has 5 nitrogen and oxygen atoms in total. The molecule has 1 rings (SSSR count). The van der Waals surface area contributed by atoms with Crippen molar-refractivity contribution >= 4 is 5.97 Å². The maximum absolute atomic E-state index is 12.2. The molecule has 0 saturated heterocycles. The summed E-state index contributed by atoms with van der Waals surface area (Å²) < 4.78 is 40.2. The minimum atomic E-state index is -4.90. The van der Waals surface area contributed by atoms with Crippen molar-refractivity contribution < 1.29 is 27.8 Å². The Hall–Kier alpha value is -1.83. The van der Waals surface area contributed by atoms with Gasteiger partial charge in [0, 0.05) is 12.1 Å². The number of aliphatic carboxylic acids is 1. The highest BCUT2D eigenvalue weighted by Gasteiger charge is 2.33. The summed E-state index contributed by atoms with van der Waals surface area (Å²) in [5, 5.41) is 8.69. The third-order valence-electron chi connectivity index (χ3n) is 2.27. The summed E-state index contributed by atoms with van der Waals surface area (Å²) in [6.07, 6.45) is -4.65. The van der Waals surface area contributed by atoms with Crippen LogP contribution in [-0.4, -0.2) is 22.4 Å². The SMILES string of the molecule is Cc1c(CN)ncc(OC(F)(F)F)c1CC(=O)O. The Balaban J connectivity index is 3.24. The molecule has 8 heteroatoms. The highest BCUT2D eigenvalue weighted by molar-refractivity contribution is 5.72. The molecule has 0 radical (unpaired) electrons. The molecule has 0 amide bonds. The number of nitrogens with zero attached hydrogens (tertiary/aromatic N) is 1. The first-order chi connectivity index (χ1) is 8.24. The Morgan fingerprint density at radius 2 is 2.17 bits per heavy atom. The molecule has 0 aliphatic heterocycles. The molecule has 0 aromatic carbocycles. The Morgan fingerprint density at radius 1 is 1.56 bits per heavy atom. The summed E-state index contributed by atoms with van der Waals surface area (Å²) in [6.45, 7) is 1.46. The number of aromatic nitrogens is 1. The van der Waals surface area contributed by atoms with Gasteiger partial charge in [0.1, 0.15) is 0 Å². The van der Waals surface area contributed by atoms with Crippen LogP contribution in [0, 0.1) is 6.92 Å². The molecule has 0 atom stereocenters. The van der Waals surface area contributed by atoms with E-state index in [9.17, 15) is 18.0 Å². The first-order valence-electron chi connectivity index (χ1n) is 4.89. The first-order valence-corrected chi connectivity index (χ1v) is 4.89. The molecule has 0 unspecified atom stereocenters. The van der Waals surface area contributed by atoms with E-state index in [1.807, 2.05) is 0 Å². The van der Waals surface area contributed by atoms with Crippen molar-refractivity contribution in [3.05, 3.63) is 23.0 Å². The average molecular weight is 264 g/mol. The molecule has 1 aromatic heterocycles. The second-order valence-corrected chi connectivity index (χ2v) is 3.50. The Labute approximate surface area is 100 Å². The lowest BCUT2D eigenvalue weighted by molar-refractivity contribution is -0.275. The van der Waals surface area contributed by atoms with E-state index >= 15 is 0 Å². The van der Waals surface area contributed by atoms with Crippen molar-refractivity contribution in [1.82, 2.24) is 4.98 Å². The molecule has 1 aromatic rings. The van der Waals surface area contributed by atoms with Gasteiger partial charge in [0.25, 0.3) is 0 Å². The summed E-state index contributed by atoms with van der Waals surface area (Å²) in [4.78, 5) is 14.4. The normalized spacial score (nSPS) is 11.4. The molecular weight excluding hydrogens is 253 g/mol. The fourth-order valence-corrected chi connectivity index (χ4v) is 1.46. The van der Waals surface area contributed by atoms with Crippen molar-refractivity contribution in [2.24, 2.45) is 5.73 Å². The minimum Gasteiger partial charge on any atom is -0.481 e. The zero-order valence-corrected chi connectivity index (χ0v) is 9.41. The highest BCUT2D eigenvalue weighted by atomic mass is 19.4. The molecule has 0 aliphatic carbocycles. The smallest absolute Gasteiger partial charge is 0.481 e. The predicted molar refractivity (Wildman–Crippen MR) is 54.9 cm³/mol. The van der Waals surface area contributed by atoms with Crippen molar-refractivity contribution in [3.63, 3.8) is 0 Å². The van der Waals surface area contributed by atoms with Gasteiger partial charge in [0.2, 0.25) is 0 Å². The van der Waals surface area contributed by atoms with Crippen LogP contribution in [0.1, 0.15) is 16.8 Å². The number of halogens is 3. The van der Waals surface area contributed by atoms with E-state index in [1.165, 1.54) is 6.92 Å². The lowest BCUT2D eigenvalue weighted by Gasteiger charge is -2.15. The van der Waals surface area contributed by atoms with E-state index in [0.717, 1.165) is 6.20 Å². The third kappa shape index (κ3) is 3.59. The fraction of sp³-hybridized carbons (Fsp3) is 0.400. The van der Waals surface area contributed by atoms with E-state index < -0.39 is 24.5 Å². The molecule has 0 saturated carbocycles. The molecule has 1 heterocycles. The van der Waals surface area contributed by atoms with Crippen LogP contribution in [0.15, 0.2) is 6.20 Å². The maximum atomic E-state index is 12.2. The number of hydrogen-bond donors (Lipinski definition) is 2. The summed E-state index contributed by atoms with van der Waals surface area (Å²) in [7, 11) is 0. The molecule has 3 N–H and O–H groups in total. The van der Waals surface area contributed by atoms with Crippen LogP contribution in [0.4, 0.5) is 13.2 Å². The highest BCUT2D eigenvalue weighted by Crippen LogP contribution is 2.29. The van der Waals surface area contributed by atoms with E-state index in [-0.39, 0.29) is 12.1 Å². The van der Waals surface area contributed by atoms with Crippen LogP contribution in [0.5, 0.6) is 5.75 Å². The lowest BCUT2D eigenvalue weighted by Crippen LogP contribution is -2.20. The molecular formula is C10H11F3N2O3. The fourth-order valence-electron chi connectivity index (χ4n) is 1.46. The largest absolute Gasteiger partial charge is 0.573 e. The minimum absolute atomic E-state index is 0.00471. The Bertz CT molecular complexity index is 460. The number of pyridine rings is 1. The number of alkyl halides is 3. The molecule has 100 valence electrons. The molecule has 0 spiro atoms. The summed E-state index contributed by atoms with van der Waals surface area (Å²) in [5.74, 6) is -1.88. The van der Waals surface area contributed by atoms with Crippen LogP contribution in [0.2, 0.25) is 0 Å². The maximum Gasteiger partial charge on any atom is 0.573 e. The van der Waals surface area contributed by atoms with Gasteiger partial charge < -0.3 is 15.6 Å². The van der Waals surface area contributed by atoms with Crippen molar-refractivity contribution in [3.8, 4) is 5.75 Å². The van der Waals surface area contributed by atoms with Gasteiger partial charge >= 0.3 is 12.3 Å². The van der Waals surface area contributed by atoms with Gasteiger partial charge in [-0.05, 0) is 12.5 Å². The topological polar surface area (TPSA) is 85.4 Å². The van der Waals surface area contributed by atoms with Gasteiger partial charge in [-0.1, -0.05) is 0 Å². The zero-order valence-electron chi connectivity index (χ0n) is 9.41. The third-order valence-corrected chi connectivity index (χ3v) is 2.27. The van der Waals surface area contributed by atoms with Crippen molar-refractivity contribution in [2.75, 3.05) is 0 Å². The number of rotatable bonds is 4. The number of carbonyl (C=O) groups is 1. The second kappa shape index (κ2) is 5.21. The number of hydrogen-bond acceptors (Lipinski definition) is 4. The van der Waals surface area contributed by atoms with Crippen LogP contribution in [0.25, 0.3) is 0 Å². The number of nitrogens with two attached hydrogens (primary N) is 1. The van der Waals surface area contributed by atoms with Crippen LogP contribution in [0.3, 0.4) is 0 Å². The van der Waals surface area contributed by atoms with Gasteiger partial charge in [-0.25, -0.2) is 0 Å². The summed E-state index contributed by atoms with van der Waals surface area (Å²) in [6, 6.07) is 0. The van der Waals surface area contributed by atoms with E-state index in [4.69, 9.17) is 10.8 Å². The standard InChI is InChI=1S/C10H11F3N2O3/c1-5-6(2-9(16)17)8(18-10(11,12)13)4-15-7(5)3-14/h4H,2-3,14H2,1H3,(H,16,17). The molecule has 0 aliphatic rings. The van der Waals surface area contributed by atoms with Gasteiger partial charge in [-0.15, -0.1) is 13.2 Å². The first kappa shape index (κ1) is 14.2. The zero-order chi connectivity index (χ0) is 13.9. The molecule has 18 heavy (non-hydrogen) atoms. The van der Waals surface area contributed by atoms with Crippen LogP contribution < -0.4 is 10.5 Å². The van der Waals surface area contributed by atoms with E-state index in [0.29, 0.717) is 11.3 Å². The number of carboxylic acid groups (broad SMARTS) is 1. The van der Waals surface area contributed by atoms with Gasteiger partial charge in [-0.2, -0.15) is 0 Å². The monoisotopic (exact) mass is 264 g/mol. The van der Waals surface area contributed by atoms with E-state index in [1.54, 1.807) is 0 Å². The quantitative estimate of drug-likeness (QED) is 0.857. The summed E-state index contributed by atoms with van der Waals surface area (Å²) in [5.41, 5.74) is 5.91. The van der Waals surface area contributed by atoms with Crippen molar-refractivity contribution in [1.29, 1.82) is 0 Å². The van der Waals surface area contributed by atoms with Crippen molar-refractivity contribution in [2.45, 2.75) is 26.3 Å². The van der Waals surface area contributed by atoms with Gasteiger partial charge in [0.05, 0.1) is 18.3 Å². The Morgan fingerprint density at radius 3 is 2.61 bits per heavy atom. The van der Waals surface area contributed by atoms with E-state index in [2.05, 4.69) is 9.72 Å². The summed E-state index contributed by atoms with van der Waals surface area (Å²) >= 11 is 0. The Kier molecular flexibility index (Phi) is 4.12. The average Bonchev–Trinajstić information content (AvgIpc) is 2.21. The lowest BCUT2D eigenvalue weighted by atomic mass is 10.0. The predicted octanol–water partition coefficient (Wildman–Crippen LogP) is 1.37. The van der Waals surface area contributed by atoms with Gasteiger partial charge in [-0.3, -0.25) is 9.78 Å². The van der Waals surface area contributed by atoms with Crippen LogP contribution in [-0.2, 0) is 17.8 Å². The molecule has 0 bridgehead atoms. The van der Waals surface area contributed by atoms with Crippen LogP contribution >= 0.6 is 0 Å². The number of carboxylic acids is 1. The second-order valence-electron chi connectivity index (χ2n) is 3.50.